The normalized spacial score (nSPS) is 10.8. The number of nitrogens with one attached hydrogen (secondary N) is 1. The van der Waals surface area contributed by atoms with Gasteiger partial charge in [-0.15, -0.1) is 0 Å². The molecule has 1 heterocycles. The first-order valence-electron chi connectivity index (χ1n) is 7.08. The number of rotatable bonds is 3. The Morgan fingerprint density at radius 3 is 2.75 bits per heavy atom. The zero-order valence-corrected chi connectivity index (χ0v) is 13.8. The van der Waals surface area contributed by atoms with Crippen LogP contribution in [0.4, 0.5) is 16.5 Å². The lowest BCUT2D eigenvalue weighted by atomic mass is 10.1. The summed E-state index contributed by atoms with van der Waals surface area (Å²) in [5.41, 5.74) is 8.41. The molecule has 3 rings (SSSR count). The van der Waals surface area contributed by atoms with E-state index in [9.17, 15) is 14.9 Å². The van der Waals surface area contributed by atoms with Gasteiger partial charge in [0, 0.05) is 11.6 Å². The number of hydrogen-bond donors (Lipinski definition) is 2. The van der Waals surface area contributed by atoms with Crippen molar-refractivity contribution in [3.8, 4) is 0 Å². The van der Waals surface area contributed by atoms with Crippen molar-refractivity contribution in [2.45, 2.75) is 13.8 Å². The van der Waals surface area contributed by atoms with Crippen molar-refractivity contribution >= 4 is 44.0 Å². The third kappa shape index (κ3) is 2.91. The van der Waals surface area contributed by atoms with Gasteiger partial charge in [0.1, 0.15) is 5.69 Å². The quantitative estimate of drug-likeness (QED) is 0.429. The van der Waals surface area contributed by atoms with E-state index < -0.39 is 10.8 Å². The molecule has 1 aromatic heterocycles. The second-order valence-corrected chi connectivity index (χ2v) is 6.46. The summed E-state index contributed by atoms with van der Waals surface area (Å²) in [6.45, 7) is 3.96. The number of amides is 1. The van der Waals surface area contributed by atoms with E-state index in [1.54, 1.807) is 0 Å². The van der Waals surface area contributed by atoms with Crippen LogP contribution < -0.4 is 11.1 Å². The Hall–Kier alpha value is -3.00. The highest BCUT2D eigenvalue weighted by atomic mass is 32.1. The number of nitro benzene ring substituents is 1. The molecule has 3 N–H and O–H groups in total. The summed E-state index contributed by atoms with van der Waals surface area (Å²) in [5, 5.41) is 14.1. The smallest absolute Gasteiger partial charge is 0.292 e. The van der Waals surface area contributed by atoms with E-state index in [4.69, 9.17) is 5.73 Å². The van der Waals surface area contributed by atoms with Gasteiger partial charge in [0.05, 0.1) is 15.1 Å². The zero-order chi connectivity index (χ0) is 17.4. The minimum Gasteiger partial charge on any atom is -0.393 e. The van der Waals surface area contributed by atoms with Crippen molar-refractivity contribution in [2.75, 3.05) is 11.1 Å². The van der Waals surface area contributed by atoms with Gasteiger partial charge in [-0.25, -0.2) is 4.98 Å². The van der Waals surface area contributed by atoms with Gasteiger partial charge in [0.2, 0.25) is 0 Å². The molecule has 0 aliphatic rings. The van der Waals surface area contributed by atoms with Crippen LogP contribution in [0.1, 0.15) is 21.5 Å². The van der Waals surface area contributed by atoms with Gasteiger partial charge in [0.15, 0.2) is 5.13 Å². The van der Waals surface area contributed by atoms with E-state index in [0.29, 0.717) is 5.13 Å². The topological polar surface area (TPSA) is 111 Å². The molecule has 24 heavy (non-hydrogen) atoms. The van der Waals surface area contributed by atoms with Gasteiger partial charge >= 0.3 is 0 Å². The fourth-order valence-corrected chi connectivity index (χ4v) is 3.47. The van der Waals surface area contributed by atoms with Crippen molar-refractivity contribution in [1.82, 2.24) is 4.98 Å². The molecule has 2 aromatic carbocycles. The minimum atomic E-state index is -0.615. The molecule has 0 atom stereocenters. The maximum atomic E-state index is 12.3. The van der Waals surface area contributed by atoms with Crippen molar-refractivity contribution in [3.63, 3.8) is 0 Å². The molecule has 122 valence electrons. The van der Waals surface area contributed by atoms with Gasteiger partial charge < -0.3 is 5.73 Å². The number of anilines is 2. The highest BCUT2D eigenvalue weighted by Crippen LogP contribution is 2.30. The van der Waals surface area contributed by atoms with Gasteiger partial charge in [-0.1, -0.05) is 17.4 Å². The van der Waals surface area contributed by atoms with Crippen LogP contribution in [-0.2, 0) is 0 Å². The second kappa shape index (κ2) is 5.89. The van der Waals surface area contributed by atoms with Gasteiger partial charge in [0.25, 0.3) is 11.6 Å². The SMILES string of the molecule is Cc1cc(C)c2nc(NC(=O)c3ccc(N)c([N+](=O)[O-])c3)sc2c1. The molecule has 0 aliphatic heterocycles. The number of nitro groups is 1. The second-order valence-electron chi connectivity index (χ2n) is 5.43. The summed E-state index contributed by atoms with van der Waals surface area (Å²) >= 11 is 1.36. The lowest BCUT2D eigenvalue weighted by Gasteiger charge is -2.03. The number of aryl methyl sites for hydroxylation is 2. The maximum absolute atomic E-state index is 12.3. The third-order valence-electron chi connectivity index (χ3n) is 3.54. The average Bonchev–Trinajstić information content (AvgIpc) is 2.89. The van der Waals surface area contributed by atoms with Gasteiger partial charge in [-0.2, -0.15) is 0 Å². The number of thiazole rings is 1. The molecular formula is C16H14N4O3S. The van der Waals surface area contributed by atoms with E-state index >= 15 is 0 Å². The zero-order valence-electron chi connectivity index (χ0n) is 13.0. The summed E-state index contributed by atoms with van der Waals surface area (Å²) in [4.78, 5) is 27.1. The summed E-state index contributed by atoms with van der Waals surface area (Å²) < 4.78 is 0.978. The van der Waals surface area contributed by atoms with Crippen LogP contribution in [-0.4, -0.2) is 15.8 Å². The standard InChI is InChI=1S/C16H14N4O3S/c1-8-5-9(2)14-13(6-8)24-16(18-14)19-15(21)10-3-4-11(17)12(7-10)20(22)23/h3-7H,17H2,1-2H3,(H,18,19,21). The molecule has 0 spiro atoms. The van der Waals surface area contributed by atoms with E-state index in [2.05, 4.69) is 10.3 Å². The first-order valence-corrected chi connectivity index (χ1v) is 7.90. The van der Waals surface area contributed by atoms with E-state index in [-0.39, 0.29) is 16.9 Å². The summed E-state index contributed by atoms with van der Waals surface area (Å²) in [7, 11) is 0. The predicted octanol–water partition coefficient (Wildman–Crippen LogP) is 3.66. The number of nitrogen functional groups attached to an aromatic ring is 1. The van der Waals surface area contributed by atoms with Crippen LogP contribution in [0.2, 0.25) is 0 Å². The summed E-state index contributed by atoms with van der Waals surface area (Å²) in [6.07, 6.45) is 0. The van der Waals surface area contributed by atoms with Crippen molar-refractivity contribution in [1.29, 1.82) is 0 Å². The fraction of sp³-hybridized carbons (Fsp3) is 0.125. The minimum absolute atomic E-state index is 0.0163. The first-order chi connectivity index (χ1) is 11.3. The Labute approximate surface area is 141 Å². The van der Waals surface area contributed by atoms with Crippen molar-refractivity contribution in [2.24, 2.45) is 0 Å². The Kier molecular flexibility index (Phi) is 3.90. The molecule has 0 unspecified atom stereocenters. The number of nitrogens with zero attached hydrogens (tertiary/aromatic N) is 2. The predicted molar refractivity (Wildman–Crippen MR) is 94.6 cm³/mol. The van der Waals surface area contributed by atoms with Gasteiger partial charge in [-0.3, -0.25) is 20.2 Å². The van der Waals surface area contributed by atoms with Crippen LogP contribution in [0.5, 0.6) is 0 Å². The van der Waals surface area contributed by atoms with Gasteiger partial charge in [-0.05, 0) is 43.2 Å². The number of fused-ring (bicyclic) bond motifs is 1. The Morgan fingerprint density at radius 2 is 2.04 bits per heavy atom. The molecule has 0 saturated heterocycles. The van der Waals surface area contributed by atoms with E-state index in [0.717, 1.165) is 27.4 Å². The van der Waals surface area contributed by atoms with E-state index in [1.807, 2.05) is 26.0 Å². The molecule has 8 heteroatoms. The molecule has 0 saturated carbocycles. The Morgan fingerprint density at radius 1 is 1.29 bits per heavy atom. The number of carbonyl (C=O) groups excluding carboxylic acids is 1. The Balaban J connectivity index is 1.91. The molecule has 0 aliphatic carbocycles. The lowest BCUT2D eigenvalue weighted by molar-refractivity contribution is -0.383. The largest absolute Gasteiger partial charge is 0.393 e. The van der Waals surface area contributed by atoms with Crippen molar-refractivity contribution in [3.05, 3.63) is 57.1 Å². The monoisotopic (exact) mass is 342 g/mol. The average molecular weight is 342 g/mol. The number of nitrogens with two attached hydrogens (primary N) is 1. The van der Waals surface area contributed by atoms with E-state index in [1.165, 1.54) is 23.5 Å². The molecule has 7 nitrogen and oxygen atoms in total. The van der Waals surface area contributed by atoms with Crippen LogP contribution >= 0.6 is 11.3 Å². The van der Waals surface area contributed by atoms with Crippen LogP contribution in [0.3, 0.4) is 0 Å². The lowest BCUT2D eigenvalue weighted by Crippen LogP contribution is -2.12. The third-order valence-corrected chi connectivity index (χ3v) is 4.46. The Bertz CT molecular complexity index is 981. The molecule has 0 fully saturated rings. The van der Waals surface area contributed by atoms with Crippen LogP contribution in [0.25, 0.3) is 10.2 Å². The number of carbonyl (C=O) groups is 1. The highest BCUT2D eigenvalue weighted by Gasteiger charge is 2.17. The fourth-order valence-electron chi connectivity index (χ4n) is 2.44. The summed E-state index contributed by atoms with van der Waals surface area (Å²) in [5.74, 6) is -0.466. The molecule has 0 radical (unpaired) electrons. The molecule has 0 bridgehead atoms. The number of benzene rings is 2. The van der Waals surface area contributed by atoms with Crippen molar-refractivity contribution < 1.29 is 9.72 Å². The highest BCUT2D eigenvalue weighted by molar-refractivity contribution is 7.22. The number of hydrogen-bond acceptors (Lipinski definition) is 6. The number of aromatic nitrogens is 1. The maximum Gasteiger partial charge on any atom is 0.292 e. The first kappa shape index (κ1) is 15.9. The summed E-state index contributed by atoms with van der Waals surface area (Å²) in [6, 6.07) is 7.98. The molecule has 1 amide bonds. The molecular weight excluding hydrogens is 328 g/mol. The van der Waals surface area contributed by atoms with Crippen LogP contribution in [0, 0.1) is 24.0 Å². The molecule has 3 aromatic rings. The van der Waals surface area contributed by atoms with Crippen LogP contribution in [0.15, 0.2) is 30.3 Å².